The lowest BCUT2D eigenvalue weighted by Crippen LogP contribution is -2.40. The van der Waals surface area contributed by atoms with Gasteiger partial charge in [-0.15, -0.1) is 12.4 Å². The molecule has 1 heterocycles. The molecule has 0 aliphatic carbocycles. The fourth-order valence-electron chi connectivity index (χ4n) is 2.28. The summed E-state index contributed by atoms with van der Waals surface area (Å²) in [6, 6.07) is 6.33. The zero-order valence-corrected chi connectivity index (χ0v) is 13.1. The molecule has 1 atom stereocenters. The molecule has 0 spiro atoms. The minimum absolute atomic E-state index is 0. The van der Waals surface area contributed by atoms with Crippen LogP contribution in [0.4, 0.5) is 0 Å². The average Bonchev–Trinajstić information content (AvgIpc) is 2.92. The van der Waals surface area contributed by atoms with Gasteiger partial charge < -0.3 is 15.0 Å². The van der Waals surface area contributed by atoms with Crippen LogP contribution in [0.2, 0.25) is 0 Å². The Bertz CT molecular complexity index is 459. The highest BCUT2D eigenvalue weighted by Crippen LogP contribution is 2.19. The fraction of sp³-hybridized carbons (Fsp3) is 0.533. The number of carbonyl (C=O) groups excluding carboxylic acids is 1. The first-order chi connectivity index (χ1) is 9.08. The van der Waals surface area contributed by atoms with E-state index in [-0.39, 0.29) is 24.9 Å². The van der Waals surface area contributed by atoms with E-state index in [1.807, 2.05) is 39.1 Å². The molecule has 4 nitrogen and oxygen atoms in total. The summed E-state index contributed by atoms with van der Waals surface area (Å²) in [6.45, 7) is 5.98. The number of hydrogen-bond donors (Lipinski definition) is 1. The van der Waals surface area contributed by atoms with E-state index >= 15 is 0 Å². The molecule has 0 bridgehead atoms. The predicted molar refractivity (Wildman–Crippen MR) is 82.7 cm³/mol. The third-order valence-corrected chi connectivity index (χ3v) is 3.67. The van der Waals surface area contributed by atoms with Gasteiger partial charge in [-0.1, -0.05) is 12.1 Å². The number of halogens is 1. The second-order valence-electron chi connectivity index (χ2n) is 5.21. The zero-order chi connectivity index (χ0) is 13.8. The van der Waals surface area contributed by atoms with Crippen molar-refractivity contribution in [2.45, 2.75) is 26.3 Å². The van der Waals surface area contributed by atoms with Crippen molar-refractivity contribution in [2.24, 2.45) is 0 Å². The lowest BCUT2D eigenvalue weighted by molar-refractivity contribution is -0.133. The Hall–Kier alpha value is -1.26. The molecule has 1 aliphatic rings. The first kappa shape index (κ1) is 16.8. The molecule has 0 radical (unpaired) electrons. The van der Waals surface area contributed by atoms with Crippen LogP contribution in [0.25, 0.3) is 0 Å². The van der Waals surface area contributed by atoms with Crippen LogP contribution >= 0.6 is 12.4 Å². The normalized spacial score (nSPS) is 17.4. The summed E-state index contributed by atoms with van der Waals surface area (Å²) in [5.41, 5.74) is 2.20. The van der Waals surface area contributed by atoms with Crippen LogP contribution in [-0.4, -0.2) is 43.6 Å². The van der Waals surface area contributed by atoms with Crippen molar-refractivity contribution < 1.29 is 9.53 Å². The predicted octanol–water partition coefficient (Wildman–Crippen LogP) is 1.92. The molecule has 0 saturated carbocycles. The quantitative estimate of drug-likeness (QED) is 0.923. The standard InChI is InChI=1S/C15H22N2O2.ClH/c1-11-4-5-12(2)14(8-11)19-10-15(18)17(3)13-6-7-16-9-13;/h4-5,8,13,16H,6-7,9-10H2,1-3H3;1H. The summed E-state index contributed by atoms with van der Waals surface area (Å²) >= 11 is 0. The number of ether oxygens (including phenoxy) is 1. The molecule has 2 rings (SSSR count). The largest absolute Gasteiger partial charge is 0.483 e. The Morgan fingerprint density at radius 3 is 2.85 bits per heavy atom. The number of aryl methyl sites for hydroxylation is 2. The second kappa shape index (κ2) is 7.50. The number of nitrogens with zero attached hydrogens (tertiary/aromatic N) is 1. The van der Waals surface area contributed by atoms with Gasteiger partial charge in [0.25, 0.3) is 5.91 Å². The van der Waals surface area contributed by atoms with Crippen LogP contribution in [0.1, 0.15) is 17.5 Å². The Balaban J connectivity index is 0.00000200. The van der Waals surface area contributed by atoms with Gasteiger partial charge in [0.1, 0.15) is 5.75 Å². The van der Waals surface area contributed by atoms with Crippen molar-refractivity contribution in [3.8, 4) is 5.75 Å². The lowest BCUT2D eigenvalue weighted by Gasteiger charge is -2.24. The molecular weight excluding hydrogens is 276 g/mol. The first-order valence-electron chi connectivity index (χ1n) is 6.74. The molecule has 1 unspecified atom stereocenters. The van der Waals surface area contributed by atoms with E-state index in [0.717, 1.165) is 36.4 Å². The van der Waals surface area contributed by atoms with Gasteiger partial charge in [0.15, 0.2) is 6.61 Å². The van der Waals surface area contributed by atoms with E-state index in [1.165, 1.54) is 0 Å². The van der Waals surface area contributed by atoms with Gasteiger partial charge in [0, 0.05) is 19.6 Å². The summed E-state index contributed by atoms with van der Waals surface area (Å²) in [7, 11) is 1.85. The number of benzene rings is 1. The van der Waals surface area contributed by atoms with Crippen molar-refractivity contribution in [2.75, 3.05) is 26.7 Å². The molecule has 20 heavy (non-hydrogen) atoms. The summed E-state index contributed by atoms with van der Waals surface area (Å²) in [5.74, 6) is 0.834. The number of nitrogens with one attached hydrogen (secondary N) is 1. The SMILES string of the molecule is Cc1ccc(C)c(OCC(=O)N(C)C2CCNC2)c1.Cl. The molecular formula is C15H23ClN2O2. The maximum atomic E-state index is 12.1. The highest BCUT2D eigenvalue weighted by atomic mass is 35.5. The zero-order valence-electron chi connectivity index (χ0n) is 12.3. The summed E-state index contributed by atoms with van der Waals surface area (Å²) in [5, 5.41) is 3.26. The van der Waals surface area contributed by atoms with E-state index in [0.29, 0.717) is 6.04 Å². The van der Waals surface area contributed by atoms with Crippen LogP contribution in [0.15, 0.2) is 18.2 Å². The number of hydrogen-bond acceptors (Lipinski definition) is 3. The summed E-state index contributed by atoms with van der Waals surface area (Å²) in [4.78, 5) is 13.9. The van der Waals surface area contributed by atoms with Crippen molar-refractivity contribution in [3.63, 3.8) is 0 Å². The molecule has 1 amide bonds. The van der Waals surface area contributed by atoms with Crippen LogP contribution in [0.3, 0.4) is 0 Å². The van der Waals surface area contributed by atoms with Crippen molar-refractivity contribution in [1.82, 2.24) is 10.2 Å². The molecule has 112 valence electrons. The number of rotatable bonds is 4. The van der Waals surface area contributed by atoms with Gasteiger partial charge >= 0.3 is 0 Å². The molecule has 1 aliphatic heterocycles. The van der Waals surface area contributed by atoms with Gasteiger partial charge in [0.2, 0.25) is 0 Å². The fourth-order valence-corrected chi connectivity index (χ4v) is 2.28. The highest BCUT2D eigenvalue weighted by Gasteiger charge is 2.23. The molecule has 5 heteroatoms. The van der Waals surface area contributed by atoms with E-state index in [1.54, 1.807) is 4.90 Å². The first-order valence-corrected chi connectivity index (χ1v) is 6.74. The van der Waals surface area contributed by atoms with Gasteiger partial charge in [-0.05, 0) is 44.0 Å². The van der Waals surface area contributed by atoms with Crippen molar-refractivity contribution >= 4 is 18.3 Å². The highest BCUT2D eigenvalue weighted by molar-refractivity contribution is 5.85. The molecule has 1 N–H and O–H groups in total. The molecule has 0 aromatic heterocycles. The summed E-state index contributed by atoms with van der Waals surface area (Å²) < 4.78 is 5.65. The van der Waals surface area contributed by atoms with Gasteiger partial charge in [0.05, 0.1) is 0 Å². The monoisotopic (exact) mass is 298 g/mol. The van der Waals surface area contributed by atoms with Gasteiger partial charge in [-0.2, -0.15) is 0 Å². The molecule has 1 aromatic carbocycles. The average molecular weight is 299 g/mol. The van der Waals surface area contributed by atoms with Crippen LogP contribution in [0.5, 0.6) is 5.75 Å². The number of likely N-dealkylation sites (N-methyl/N-ethyl adjacent to an activating group) is 1. The van der Waals surface area contributed by atoms with E-state index in [4.69, 9.17) is 4.74 Å². The van der Waals surface area contributed by atoms with E-state index in [9.17, 15) is 4.79 Å². The molecule has 1 saturated heterocycles. The smallest absolute Gasteiger partial charge is 0.260 e. The van der Waals surface area contributed by atoms with Gasteiger partial charge in [-0.25, -0.2) is 0 Å². The van der Waals surface area contributed by atoms with Crippen molar-refractivity contribution in [1.29, 1.82) is 0 Å². The maximum absolute atomic E-state index is 12.1. The van der Waals surface area contributed by atoms with Gasteiger partial charge in [-0.3, -0.25) is 4.79 Å². The van der Waals surface area contributed by atoms with Crippen LogP contribution in [-0.2, 0) is 4.79 Å². The van der Waals surface area contributed by atoms with Crippen molar-refractivity contribution in [3.05, 3.63) is 29.3 Å². The second-order valence-corrected chi connectivity index (χ2v) is 5.21. The topological polar surface area (TPSA) is 41.6 Å². The molecule has 1 aromatic rings. The Morgan fingerprint density at radius 2 is 2.20 bits per heavy atom. The van der Waals surface area contributed by atoms with E-state index < -0.39 is 0 Å². The van der Waals surface area contributed by atoms with Crippen LogP contribution in [0, 0.1) is 13.8 Å². The lowest BCUT2D eigenvalue weighted by atomic mass is 10.1. The number of carbonyl (C=O) groups is 1. The Kier molecular flexibility index (Phi) is 6.30. The van der Waals surface area contributed by atoms with E-state index in [2.05, 4.69) is 5.32 Å². The van der Waals surface area contributed by atoms with Crippen LogP contribution < -0.4 is 10.1 Å². The number of amides is 1. The third-order valence-electron chi connectivity index (χ3n) is 3.67. The maximum Gasteiger partial charge on any atom is 0.260 e. The molecule has 1 fully saturated rings. The minimum Gasteiger partial charge on any atom is -0.483 e. The third kappa shape index (κ3) is 4.12. The Morgan fingerprint density at radius 1 is 1.45 bits per heavy atom. The Labute approximate surface area is 126 Å². The minimum atomic E-state index is 0. The summed E-state index contributed by atoms with van der Waals surface area (Å²) in [6.07, 6.45) is 1.02.